The minimum absolute atomic E-state index is 0.433. The SMILES string of the molecule is COc1cc(Br)ccc1-c1nnc(C2CCCC2)o1. The molecule has 0 bridgehead atoms. The molecule has 100 valence electrons. The summed E-state index contributed by atoms with van der Waals surface area (Å²) in [6.45, 7) is 0. The van der Waals surface area contributed by atoms with Gasteiger partial charge in [0.1, 0.15) is 5.75 Å². The molecule has 19 heavy (non-hydrogen) atoms. The summed E-state index contributed by atoms with van der Waals surface area (Å²) in [5.74, 6) is 2.46. The summed E-state index contributed by atoms with van der Waals surface area (Å²) in [6.07, 6.45) is 4.81. The maximum absolute atomic E-state index is 5.82. The monoisotopic (exact) mass is 322 g/mol. The lowest BCUT2D eigenvalue weighted by Crippen LogP contribution is -1.91. The topological polar surface area (TPSA) is 48.2 Å². The molecule has 0 unspecified atom stereocenters. The van der Waals surface area contributed by atoms with Crippen molar-refractivity contribution in [2.75, 3.05) is 7.11 Å². The first-order chi connectivity index (χ1) is 9.28. The van der Waals surface area contributed by atoms with E-state index >= 15 is 0 Å². The van der Waals surface area contributed by atoms with Gasteiger partial charge in [0.15, 0.2) is 0 Å². The van der Waals surface area contributed by atoms with Crippen molar-refractivity contribution in [1.29, 1.82) is 0 Å². The van der Waals surface area contributed by atoms with Gasteiger partial charge >= 0.3 is 0 Å². The summed E-state index contributed by atoms with van der Waals surface area (Å²) in [5, 5.41) is 8.35. The van der Waals surface area contributed by atoms with Gasteiger partial charge in [-0.3, -0.25) is 0 Å². The van der Waals surface area contributed by atoms with E-state index in [1.807, 2.05) is 18.2 Å². The molecular weight excluding hydrogens is 308 g/mol. The zero-order valence-corrected chi connectivity index (χ0v) is 12.3. The number of halogens is 1. The molecule has 3 rings (SSSR count). The van der Waals surface area contributed by atoms with Crippen molar-refractivity contribution in [2.24, 2.45) is 0 Å². The van der Waals surface area contributed by atoms with E-state index < -0.39 is 0 Å². The predicted octanol–water partition coefficient (Wildman–Crippen LogP) is 4.17. The van der Waals surface area contributed by atoms with Gasteiger partial charge in [-0.15, -0.1) is 10.2 Å². The van der Waals surface area contributed by atoms with Gasteiger partial charge in [0.2, 0.25) is 5.89 Å². The highest BCUT2D eigenvalue weighted by Gasteiger charge is 2.23. The molecular formula is C14H15BrN2O2. The van der Waals surface area contributed by atoms with Crippen LogP contribution in [0.25, 0.3) is 11.5 Å². The molecule has 0 amide bonds. The van der Waals surface area contributed by atoms with Crippen LogP contribution in [0.2, 0.25) is 0 Å². The Balaban J connectivity index is 1.93. The lowest BCUT2D eigenvalue weighted by molar-refractivity contribution is 0.411. The molecule has 1 heterocycles. The van der Waals surface area contributed by atoms with Crippen LogP contribution in [-0.2, 0) is 0 Å². The lowest BCUT2D eigenvalue weighted by atomic mass is 10.1. The summed E-state index contributed by atoms with van der Waals surface area (Å²) < 4.78 is 12.1. The van der Waals surface area contributed by atoms with Crippen LogP contribution in [0.5, 0.6) is 5.75 Å². The summed E-state index contributed by atoms with van der Waals surface area (Å²) in [6, 6.07) is 5.76. The molecule has 1 aromatic heterocycles. The molecule has 2 aromatic rings. The van der Waals surface area contributed by atoms with Crippen molar-refractivity contribution in [1.82, 2.24) is 10.2 Å². The number of methoxy groups -OCH3 is 1. The molecule has 0 atom stereocenters. The molecule has 1 aliphatic rings. The van der Waals surface area contributed by atoms with Gasteiger partial charge in [0.25, 0.3) is 5.89 Å². The first-order valence-corrected chi connectivity index (χ1v) is 7.24. The van der Waals surface area contributed by atoms with Gasteiger partial charge in [-0.05, 0) is 31.0 Å². The molecule has 1 fully saturated rings. The Hall–Kier alpha value is -1.36. The van der Waals surface area contributed by atoms with Crippen molar-refractivity contribution >= 4 is 15.9 Å². The van der Waals surface area contributed by atoms with Crippen LogP contribution < -0.4 is 4.74 Å². The minimum Gasteiger partial charge on any atom is -0.496 e. The molecule has 4 nitrogen and oxygen atoms in total. The molecule has 1 aromatic carbocycles. The third kappa shape index (κ3) is 2.52. The van der Waals surface area contributed by atoms with Gasteiger partial charge in [0, 0.05) is 10.4 Å². The molecule has 0 saturated heterocycles. The van der Waals surface area contributed by atoms with Crippen LogP contribution in [0, 0.1) is 0 Å². The fraction of sp³-hybridized carbons (Fsp3) is 0.429. The van der Waals surface area contributed by atoms with Crippen molar-refractivity contribution < 1.29 is 9.15 Å². The minimum atomic E-state index is 0.433. The first-order valence-electron chi connectivity index (χ1n) is 6.45. The van der Waals surface area contributed by atoms with E-state index in [0.717, 1.165) is 34.5 Å². The fourth-order valence-electron chi connectivity index (χ4n) is 2.52. The number of rotatable bonds is 3. The maximum Gasteiger partial charge on any atom is 0.251 e. The van der Waals surface area contributed by atoms with E-state index in [1.165, 1.54) is 12.8 Å². The standard InChI is InChI=1S/C14H15BrN2O2/c1-18-12-8-10(15)6-7-11(12)14-17-16-13(19-14)9-4-2-3-5-9/h6-9H,2-5H2,1H3. The van der Waals surface area contributed by atoms with E-state index in [0.29, 0.717) is 11.8 Å². The molecule has 1 aliphatic carbocycles. The number of hydrogen-bond acceptors (Lipinski definition) is 4. The number of benzene rings is 1. The lowest BCUT2D eigenvalue weighted by Gasteiger charge is -2.05. The average Bonchev–Trinajstić information content (AvgIpc) is 3.09. The number of aromatic nitrogens is 2. The van der Waals surface area contributed by atoms with Gasteiger partial charge < -0.3 is 9.15 Å². The summed E-state index contributed by atoms with van der Waals surface area (Å²) in [7, 11) is 1.64. The van der Waals surface area contributed by atoms with Crippen molar-refractivity contribution in [3.05, 3.63) is 28.6 Å². The average molecular weight is 323 g/mol. The van der Waals surface area contributed by atoms with Crippen molar-refractivity contribution in [3.63, 3.8) is 0 Å². The Morgan fingerprint density at radius 3 is 2.79 bits per heavy atom. The highest BCUT2D eigenvalue weighted by atomic mass is 79.9. The number of hydrogen-bond donors (Lipinski definition) is 0. The van der Waals surface area contributed by atoms with Crippen LogP contribution in [0.1, 0.15) is 37.5 Å². The Labute approximate surface area is 120 Å². The van der Waals surface area contributed by atoms with E-state index in [-0.39, 0.29) is 0 Å². The number of nitrogens with zero attached hydrogens (tertiary/aromatic N) is 2. The highest BCUT2D eigenvalue weighted by Crippen LogP contribution is 2.36. The molecule has 0 radical (unpaired) electrons. The van der Waals surface area contributed by atoms with Crippen LogP contribution in [-0.4, -0.2) is 17.3 Å². The van der Waals surface area contributed by atoms with Crippen molar-refractivity contribution in [3.8, 4) is 17.2 Å². The van der Waals surface area contributed by atoms with Crippen molar-refractivity contribution in [2.45, 2.75) is 31.6 Å². The Bertz CT molecular complexity index is 577. The van der Waals surface area contributed by atoms with E-state index in [1.54, 1.807) is 7.11 Å². The predicted molar refractivity (Wildman–Crippen MR) is 75.2 cm³/mol. The highest BCUT2D eigenvalue weighted by molar-refractivity contribution is 9.10. The zero-order chi connectivity index (χ0) is 13.2. The Kier molecular flexibility index (Phi) is 3.55. The summed E-state index contributed by atoms with van der Waals surface area (Å²) in [4.78, 5) is 0. The Morgan fingerprint density at radius 1 is 1.26 bits per heavy atom. The van der Waals surface area contributed by atoms with Crippen LogP contribution >= 0.6 is 15.9 Å². The quantitative estimate of drug-likeness (QED) is 0.851. The van der Waals surface area contributed by atoms with Crippen LogP contribution in [0.4, 0.5) is 0 Å². The second-order valence-corrected chi connectivity index (χ2v) is 5.69. The molecule has 0 aliphatic heterocycles. The summed E-state index contributed by atoms with van der Waals surface area (Å²) in [5.41, 5.74) is 0.836. The normalized spacial score (nSPS) is 15.9. The van der Waals surface area contributed by atoms with Gasteiger partial charge in [0.05, 0.1) is 12.7 Å². The zero-order valence-electron chi connectivity index (χ0n) is 10.7. The molecule has 0 spiro atoms. The Morgan fingerprint density at radius 2 is 2.05 bits per heavy atom. The smallest absolute Gasteiger partial charge is 0.251 e. The fourth-order valence-corrected chi connectivity index (χ4v) is 2.86. The number of ether oxygens (including phenoxy) is 1. The van der Waals surface area contributed by atoms with Gasteiger partial charge in [-0.1, -0.05) is 28.8 Å². The first kappa shape index (κ1) is 12.7. The van der Waals surface area contributed by atoms with Gasteiger partial charge in [-0.25, -0.2) is 0 Å². The van der Waals surface area contributed by atoms with Gasteiger partial charge in [-0.2, -0.15) is 0 Å². The third-order valence-electron chi connectivity index (χ3n) is 3.54. The molecule has 0 N–H and O–H groups in total. The second-order valence-electron chi connectivity index (χ2n) is 4.77. The van der Waals surface area contributed by atoms with Crippen LogP contribution in [0.15, 0.2) is 27.1 Å². The molecule has 1 saturated carbocycles. The van der Waals surface area contributed by atoms with Crippen LogP contribution in [0.3, 0.4) is 0 Å². The largest absolute Gasteiger partial charge is 0.496 e. The molecule has 5 heteroatoms. The third-order valence-corrected chi connectivity index (χ3v) is 4.03. The van der Waals surface area contributed by atoms with E-state index in [4.69, 9.17) is 9.15 Å². The summed E-state index contributed by atoms with van der Waals surface area (Å²) >= 11 is 3.42. The second kappa shape index (κ2) is 5.33. The maximum atomic E-state index is 5.82. The van der Waals surface area contributed by atoms with E-state index in [2.05, 4.69) is 26.1 Å². The van der Waals surface area contributed by atoms with E-state index in [9.17, 15) is 0 Å².